The minimum atomic E-state index is 0. The van der Waals surface area contributed by atoms with Gasteiger partial charge in [-0.3, -0.25) is 0 Å². The van der Waals surface area contributed by atoms with Gasteiger partial charge < -0.3 is 12.1 Å². The van der Waals surface area contributed by atoms with Crippen LogP contribution in [-0.2, 0) is 32.7 Å². The third-order valence-electron chi connectivity index (χ3n) is 1.60. The molecular formula is C9H12N2OY-2. The minimum absolute atomic E-state index is 0. The molecule has 0 amide bonds. The van der Waals surface area contributed by atoms with Gasteiger partial charge in [0.2, 0.25) is 0 Å². The molecule has 69 valence electrons. The minimum Gasteiger partial charge on any atom is -0.411 e. The number of allylic oxidation sites excluding steroid dienone is 2. The largest absolute Gasteiger partial charge is 0.411 e. The quantitative estimate of drug-likeness (QED) is 0.362. The van der Waals surface area contributed by atoms with Gasteiger partial charge in [0.25, 0.3) is 0 Å². The summed E-state index contributed by atoms with van der Waals surface area (Å²) in [7, 11) is 0. The summed E-state index contributed by atoms with van der Waals surface area (Å²) in [6, 6.07) is 1.78. The van der Waals surface area contributed by atoms with Crippen molar-refractivity contribution in [3.63, 3.8) is 0 Å². The molecule has 0 aromatic rings. The fraction of sp³-hybridized carbons (Fsp3) is 0.333. The molecule has 0 unspecified atom stereocenters. The van der Waals surface area contributed by atoms with Crippen LogP contribution in [0.4, 0.5) is 0 Å². The molecule has 0 spiro atoms. The summed E-state index contributed by atoms with van der Waals surface area (Å²) >= 11 is 0. The predicted octanol–water partition coefficient (Wildman–Crippen LogP) is 2.10. The Balaban J connectivity index is 0. The summed E-state index contributed by atoms with van der Waals surface area (Å²) in [6.07, 6.45) is 1.14. The second kappa shape index (κ2) is 8.28. The maximum absolute atomic E-state index is 8.54. The molecule has 0 saturated carbocycles. The van der Waals surface area contributed by atoms with E-state index in [2.05, 4.69) is 19.0 Å². The number of rotatable bonds is 3. The van der Waals surface area contributed by atoms with Gasteiger partial charge in [-0.1, -0.05) is 18.5 Å². The van der Waals surface area contributed by atoms with Crippen molar-refractivity contribution in [3.8, 4) is 6.07 Å². The van der Waals surface area contributed by atoms with Crippen LogP contribution in [0, 0.1) is 25.2 Å². The Morgan fingerprint density at radius 3 is 2.38 bits per heavy atom. The molecule has 0 aromatic carbocycles. The van der Waals surface area contributed by atoms with Crippen LogP contribution < -0.4 is 0 Å². The normalized spacial score (nSPS) is 12.5. The molecule has 0 atom stereocenters. The van der Waals surface area contributed by atoms with Crippen molar-refractivity contribution in [1.82, 2.24) is 0 Å². The Morgan fingerprint density at radius 1 is 1.62 bits per heavy atom. The average molecular weight is 253 g/mol. The molecule has 0 saturated heterocycles. The Labute approximate surface area is 104 Å². The predicted molar refractivity (Wildman–Crippen MR) is 47.5 cm³/mol. The summed E-state index contributed by atoms with van der Waals surface area (Å²) in [4.78, 5) is 0. The van der Waals surface area contributed by atoms with Gasteiger partial charge in [-0.15, -0.1) is 0 Å². The summed E-state index contributed by atoms with van der Waals surface area (Å²) in [5.41, 5.74) is 1.43. The van der Waals surface area contributed by atoms with Crippen LogP contribution in [0.2, 0.25) is 0 Å². The average Bonchev–Trinajstić information content (AvgIpc) is 2.12. The van der Waals surface area contributed by atoms with E-state index in [4.69, 9.17) is 10.5 Å². The van der Waals surface area contributed by atoms with Gasteiger partial charge in [0.05, 0.1) is 0 Å². The summed E-state index contributed by atoms with van der Waals surface area (Å²) in [5, 5.41) is 19.9. The molecule has 4 heteroatoms. The second-order valence-electron chi connectivity index (χ2n) is 2.25. The van der Waals surface area contributed by atoms with Crippen molar-refractivity contribution in [2.45, 2.75) is 19.8 Å². The molecule has 0 fully saturated rings. The second-order valence-corrected chi connectivity index (χ2v) is 2.25. The monoisotopic (exact) mass is 253 g/mol. The molecule has 1 radical (unpaired) electrons. The van der Waals surface area contributed by atoms with E-state index in [9.17, 15) is 0 Å². The maximum atomic E-state index is 8.54. The fourth-order valence-electron chi connectivity index (χ4n) is 0.826. The third kappa shape index (κ3) is 4.45. The molecule has 13 heavy (non-hydrogen) atoms. The Morgan fingerprint density at radius 2 is 2.15 bits per heavy atom. The summed E-state index contributed by atoms with van der Waals surface area (Å²) in [5.74, 6) is 0. The topological polar surface area (TPSA) is 56.4 Å². The van der Waals surface area contributed by atoms with Gasteiger partial charge in [-0.05, 0) is 0 Å². The van der Waals surface area contributed by atoms with Crippen molar-refractivity contribution in [2.75, 3.05) is 0 Å². The number of oxime groups is 1. The van der Waals surface area contributed by atoms with Crippen LogP contribution in [0.15, 0.2) is 16.3 Å². The Bertz CT molecular complexity index is 251. The fourth-order valence-corrected chi connectivity index (χ4v) is 0.826. The molecule has 0 rings (SSSR count). The first kappa shape index (κ1) is 15.2. The first-order valence-electron chi connectivity index (χ1n) is 3.66. The molecule has 0 aliphatic heterocycles. The molecule has 0 aliphatic carbocycles. The van der Waals surface area contributed by atoms with Crippen LogP contribution >= 0.6 is 0 Å². The first-order valence-corrected chi connectivity index (χ1v) is 3.66. The van der Waals surface area contributed by atoms with Crippen molar-refractivity contribution in [2.24, 2.45) is 5.16 Å². The molecule has 0 aromatic heterocycles. The van der Waals surface area contributed by atoms with Gasteiger partial charge in [0.15, 0.2) is 0 Å². The Hall–Kier alpha value is -0.326. The van der Waals surface area contributed by atoms with Gasteiger partial charge in [0, 0.05) is 32.7 Å². The van der Waals surface area contributed by atoms with Crippen molar-refractivity contribution >= 4 is 5.71 Å². The van der Waals surface area contributed by atoms with Crippen LogP contribution in [0.5, 0.6) is 0 Å². The number of nitriles is 1. The van der Waals surface area contributed by atoms with Gasteiger partial charge >= 0.3 is 0 Å². The smallest absolute Gasteiger partial charge is 0.103 e. The maximum Gasteiger partial charge on any atom is 0.103 e. The van der Waals surface area contributed by atoms with Crippen molar-refractivity contribution in [3.05, 3.63) is 25.0 Å². The molecular weight excluding hydrogens is 241 g/mol. The molecule has 3 nitrogen and oxygen atoms in total. The summed E-state index contributed by atoms with van der Waals surface area (Å²) < 4.78 is 0. The van der Waals surface area contributed by atoms with E-state index in [1.54, 1.807) is 6.07 Å². The number of hydrogen-bond donors (Lipinski definition) is 1. The molecule has 0 heterocycles. The molecule has 1 N–H and O–H groups in total. The van der Waals surface area contributed by atoms with Crippen molar-refractivity contribution < 1.29 is 37.9 Å². The van der Waals surface area contributed by atoms with Gasteiger partial charge in [-0.25, -0.2) is 18.9 Å². The zero-order valence-electron chi connectivity index (χ0n) is 7.75. The SMILES string of the molecule is [CH2-]CC(=C(\[CH2-])CC)/C(C#N)=N\O.[Y]. The zero-order valence-corrected chi connectivity index (χ0v) is 10.6. The van der Waals surface area contributed by atoms with Crippen LogP contribution in [0.3, 0.4) is 0 Å². The first-order chi connectivity index (χ1) is 5.71. The zero-order chi connectivity index (χ0) is 9.56. The van der Waals surface area contributed by atoms with E-state index >= 15 is 0 Å². The Kier molecular flexibility index (Phi) is 9.66. The van der Waals surface area contributed by atoms with Crippen LogP contribution in [-0.4, -0.2) is 10.9 Å². The third-order valence-corrected chi connectivity index (χ3v) is 1.60. The van der Waals surface area contributed by atoms with Gasteiger partial charge in [-0.2, -0.15) is 10.8 Å². The van der Waals surface area contributed by atoms with E-state index < -0.39 is 0 Å². The van der Waals surface area contributed by atoms with Crippen LogP contribution in [0.1, 0.15) is 19.8 Å². The molecule has 0 bridgehead atoms. The number of nitrogens with zero attached hydrogens (tertiary/aromatic N) is 2. The van der Waals surface area contributed by atoms with E-state index in [0.29, 0.717) is 12.0 Å². The number of hydrogen-bond acceptors (Lipinski definition) is 3. The van der Waals surface area contributed by atoms with Crippen LogP contribution in [0.25, 0.3) is 0 Å². The van der Waals surface area contributed by atoms with E-state index in [0.717, 1.165) is 12.0 Å². The van der Waals surface area contributed by atoms with Crippen molar-refractivity contribution in [1.29, 1.82) is 5.26 Å². The summed E-state index contributed by atoms with van der Waals surface area (Å²) in [6.45, 7) is 9.29. The molecule has 0 aliphatic rings. The van der Waals surface area contributed by atoms with E-state index in [-0.39, 0.29) is 38.4 Å². The van der Waals surface area contributed by atoms with Gasteiger partial charge in [0.1, 0.15) is 11.8 Å². The van der Waals surface area contributed by atoms with E-state index in [1.165, 1.54) is 0 Å². The van der Waals surface area contributed by atoms with E-state index in [1.807, 2.05) is 6.92 Å². The standard InChI is InChI=1S/C9H12N2O.Y/c1-4-7(3)8(5-2)9(6-10)11-12;/h12H,2-5H2,1H3;/q-2;/b8-7-,11-9-;.